The van der Waals surface area contributed by atoms with Gasteiger partial charge in [0.25, 0.3) is 0 Å². The lowest BCUT2D eigenvalue weighted by Gasteiger charge is -2.18. The highest BCUT2D eigenvalue weighted by Crippen LogP contribution is 2.36. The summed E-state index contributed by atoms with van der Waals surface area (Å²) < 4.78 is 1.65. The summed E-state index contributed by atoms with van der Waals surface area (Å²) in [5.41, 5.74) is 3.14. The fourth-order valence-electron chi connectivity index (χ4n) is 2.90. The summed E-state index contributed by atoms with van der Waals surface area (Å²) >= 11 is 0. The lowest BCUT2D eigenvalue weighted by atomic mass is 10.0. The number of carboxylic acid groups (broad SMARTS) is 1. The number of hydrogen-bond acceptors (Lipinski definition) is 3. The van der Waals surface area contributed by atoms with Crippen LogP contribution in [0.2, 0.25) is 0 Å². The maximum atomic E-state index is 12.6. The summed E-state index contributed by atoms with van der Waals surface area (Å²) in [5, 5.41) is 13.6. The average Bonchev–Trinajstić information content (AvgIpc) is 2.99. The van der Waals surface area contributed by atoms with Gasteiger partial charge in [0.15, 0.2) is 0 Å². The molecule has 114 valence electrons. The zero-order valence-electron chi connectivity index (χ0n) is 12.5. The number of benzene rings is 1. The first-order valence-electron chi connectivity index (χ1n) is 7.10. The molecular formula is C16H17N3O3. The lowest BCUT2D eigenvalue weighted by Crippen LogP contribution is -2.34. The molecule has 0 bridgehead atoms. The van der Waals surface area contributed by atoms with Crippen molar-refractivity contribution in [1.29, 1.82) is 0 Å². The predicted octanol–water partition coefficient (Wildman–Crippen LogP) is 1.71. The van der Waals surface area contributed by atoms with E-state index in [-0.39, 0.29) is 19.0 Å². The van der Waals surface area contributed by atoms with Crippen molar-refractivity contribution in [3.63, 3.8) is 0 Å². The molecule has 1 N–H and O–H groups in total. The van der Waals surface area contributed by atoms with E-state index in [4.69, 9.17) is 0 Å². The number of carboxylic acids is 1. The Bertz CT molecular complexity index is 751. The number of carbonyl (C=O) groups excluding carboxylic acids is 1. The number of amides is 1. The SMILES string of the molecule is Cc1cc(C)n(CC(=O)N2C[C@H](C(=O)O)c3ccccc32)n1. The summed E-state index contributed by atoms with van der Waals surface area (Å²) in [7, 11) is 0. The van der Waals surface area contributed by atoms with Crippen molar-refractivity contribution in [2.24, 2.45) is 0 Å². The Morgan fingerprint density at radius 1 is 1.32 bits per heavy atom. The van der Waals surface area contributed by atoms with Crippen molar-refractivity contribution in [1.82, 2.24) is 9.78 Å². The van der Waals surface area contributed by atoms with Crippen molar-refractivity contribution in [2.45, 2.75) is 26.3 Å². The van der Waals surface area contributed by atoms with Gasteiger partial charge in [-0.05, 0) is 31.5 Å². The molecule has 0 saturated heterocycles. The molecule has 0 radical (unpaired) electrons. The fourth-order valence-corrected chi connectivity index (χ4v) is 2.90. The molecule has 3 rings (SSSR count). The van der Waals surface area contributed by atoms with Gasteiger partial charge in [-0.3, -0.25) is 14.3 Å². The highest BCUT2D eigenvalue weighted by molar-refractivity contribution is 5.98. The van der Waals surface area contributed by atoms with Crippen molar-refractivity contribution >= 4 is 17.6 Å². The normalized spacial score (nSPS) is 16.6. The third-order valence-electron chi connectivity index (χ3n) is 3.96. The minimum Gasteiger partial charge on any atom is -0.481 e. The van der Waals surface area contributed by atoms with Crippen LogP contribution in [-0.4, -0.2) is 33.3 Å². The standard InChI is InChI=1S/C16H17N3O3/c1-10-7-11(2)19(17-10)9-15(20)18-8-13(16(21)22)12-5-3-4-6-14(12)18/h3-7,13H,8-9H2,1-2H3,(H,21,22)/t13-/m0/s1. The minimum absolute atomic E-state index is 0.111. The topological polar surface area (TPSA) is 75.4 Å². The quantitative estimate of drug-likeness (QED) is 0.936. The second-order valence-electron chi connectivity index (χ2n) is 5.54. The van der Waals surface area contributed by atoms with Crippen molar-refractivity contribution < 1.29 is 14.7 Å². The Balaban J connectivity index is 1.88. The van der Waals surface area contributed by atoms with Gasteiger partial charge < -0.3 is 10.0 Å². The van der Waals surface area contributed by atoms with Crippen LogP contribution in [0.5, 0.6) is 0 Å². The van der Waals surface area contributed by atoms with Gasteiger partial charge >= 0.3 is 5.97 Å². The monoisotopic (exact) mass is 299 g/mol. The summed E-state index contributed by atoms with van der Waals surface area (Å²) in [6.45, 7) is 4.05. The predicted molar refractivity (Wildman–Crippen MR) is 80.9 cm³/mol. The van der Waals surface area contributed by atoms with E-state index in [9.17, 15) is 14.7 Å². The van der Waals surface area contributed by atoms with Crippen LogP contribution in [-0.2, 0) is 16.1 Å². The van der Waals surface area contributed by atoms with Crippen LogP contribution in [0, 0.1) is 13.8 Å². The zero-order valence-corrected chi connectivity index (χ0v) is 12.5. The zero-order chi connectivity index (χ0) is 15.9. The Hall–Kier alpha value is -2.63. The number of anilines is 1. The van der Waals surface area contributed by atoms with E-state index in [1.54, 1.807) is 27.8 Å². The van der Waals surface area contributed by atoms with Gasteiger partial charge in [0.2, 0.25) is 5.91 Å². The first-order valence-corrected chi connectivity index (χ1v) is 7.10. The van der Waals surface area contributed by atoms with Gasteiger partial charge in [0.05, 0.1) is 5.69 Å². The molecule has 1 aliphatic heterocycles. The van der Waals surface area contributed by atoms with Crippen LogP contribution in [0.4, 0.5) is 5.69 Å². The van der Waals surface area contributed by atoms with Crippen LogP contribution in [0.15, 0.2) is 30.3 Å². The second kappa shape index (κ2) is 5.29. The number of carbonyl (C=O) groups is 2. The maximum absolute atomic E-state index is 12.6. The highest BCUT2D eigenvalue weighted by Gasteiger charge is 2.36. The highest BCUT2D eigenvalue weighted by atomic mass is 16.4. The Morgan fingerprint density at radius 2 is 2.05 bits per heavy atom. The van der Waals surface area contributed by atoms with Crippen molar-refractivity contribution in [3.8, 4) is 0 Å². The molecule has 0 saturated carbocycles. The van der Waals surface area contributed by atoms with E-state index >= 15 is 0 Å². The molecule has 22 heavy (non-hydrogen) atoms. The number of hydrogen-bond donors (Lipinski definition) is 1. The van der Waals surface area contributed by atoms with E-state index in [0.29, 0.717) is 11.3 Å². The molecular weight excluding hydrogens is 282 g/mol. The van der Waals surface area contributed by atoms with E-state index in [0.717, 1.165) is 11.4 Å². The smallest absolute Gasteiger partial charge is 0.312 e. The summed E-state index contributed by atoms with van der Waals surface area (Å²) in [6.07, 6.45) is 0. The van der Waals surface area contributed by atoms with Gasteiger partial charge in [-0.25, -0.2) is 0 Å². The van der Waals surface area contributed by atoms with Crippen LogP contribution >= 0.6 is 0 Å². The Morgan fingerprint density at radius 3 is 2.68 bits per heavy atom. The number of fused-ring (bicyclic) bond motifs is 1. The van der Waals surface area contributed by atoms with Crippen LogP contribution < -0.4 is 4.90 Å². The summed E-state index contributed by atoms with van der Waals surface area (Å²) in [5.74, 6) is -1.73. The Labute approximate surface area is 128 Å². The first-order chi connectivity index (χ1) is 10.5. The molecule has 1 amide bonds. The van der Waals surface area contributed by atoms with Gasteiger partial charge in [0, 0.05) is 17.9 Å². The second-order valence-corrected chi connectivity index (χ2v) is 5.54. The molecule has 2 aromatic rings. The van der Waals surface area contributed by atoms with Gasteiger partial charge in [-0.2, -0.15) is 5.10 Å². The van der Waals surface area contributed by atoms with Crippen LogP contribution in [0.25, 0.3) is 0 Å². The number of aryl methyl sites for hydroxylation is 2. The number of aliphatic carboxylic acids is 1. The molecule has 1 aromatic heterocycles. The summed E-state index contributed by atoms with van der Waals surface area (Å²) in [6, 6.07) is 9.07. The van der Waals surface area contributed by atoms with Crippen molar-refractivity contribution in [2.75, 3.05) is 11.4 Å². The van der Waals surface area contributed by atoms with E-state index < -0.39 is 11.9 Å². The lowest BCUT2D eigenvalue weighted by molar-refractivity contribution is -0.138. The Kier molecular flexibility index (Phi) is 3.44. The fraction of sp³-hybridized carbons (Fsp3) is 0.312. The third kappa shape index (κ3) is 2.36. The van der Waals surface area contributed by atoms with E-state index in [1.807, 2.05) is 26.0 Å². The molecule has 0 aliphatic carbocycles. The minimum atomic E-state index is -0.908. The largest absolute Gasteiger partial charge is 0.481 e. The number of aromatic nitrogens is 2. The number of para-hydroxylation sites is 1. The molecule has 6 nitrogen and oxygen atoms in total. The van der Waals surface area contributed by atoms with Gasteiger partial charge in [-0.15, -0.1) is 0 Å². The average molecular weight is 299 g/mol. The van der Waals surface area contributed by atoms with Crippen molar-refractivity contribution in [3.05, 3.63) is 47.3 Å². The number of rotatable bonds is 3. The molecule has 1 aromatic carbocycles. The third-order valence-corrected chi connectivity index (χ3v) is 3.96. The van der Waals surface area contributed by atoms with E-state index in [2.05, 4.69) is 5.10 Å². The van der Waals surface area contributed by atoms with Gasteiger partial charge in [-0.1, -0.05) is 18.2 Å². The van der Waals surface area contributed by atoms with Crippen LogP contribution in [0.1, 0.15) is 22.9 Å². The molecule has 2 heterocycles. The summed E-state index contributed by atoms with van der Waals surface area (Å²) in [4.78, 5) is 25.5. The van der Waals surface area contributed by atoms with Gasteiger partial charge in [0.1, 0.15) is 12.5 Å². The molecule has 0 fully saturated rings. The molecule has 1 atom stereocenters. The maximum Gasteiger partial charge on any atom is 0.312 e. The molecule has 0 unspecified atom stereocenters. The molecule has 0 spiro atoms. The number of nitrogens with zero attached hydrogens (tertiary/aromatic N) is 3. The molecule has 6 heteroatoms. The molecule has 1 aliphatic rings. The van der Waals surface area contributed by atoms with Crippen LogP contribution in [0.3, 0.4) is 0 Å². The first kappa shape index (κ1) is 14.3. The van der Waals surface area contributed by atoms with E-state index in [1.165, 1.54) is 0 Å².